The number of pyridine rings is 1. The van der Waals surface area contributed by atoms with Gasteiger partial charge in [-0.05, 0) is 60.2 Å². The van der Waals surface area contributed by atoms with E-state index in [2.05, 4.69) is 41.7 Å². The molecule has 0 spiro atoms. The highest BCUT2D eigenvalue weighted by Crippen LogP contribution is 2.30. The summed E-state index contributed by atoms with van der Waals surface area (Å²) in [7, 11) is 1.58. The molecule has 0 aliphatic heterocycles. The largest absolute Gasteiger partial charge is 0.382 e. The molecule has 238 valence electrons. The molecule has 3 amide bonds. The Bertz CT molecular complexity index is 1830. The molecule has 0 saturated carbocycles. The van der Waals surface area contributed by atoms with Crippen LogP contribution in [0.15, 0.2) is 85.1 Å². The molecule has 0 radical (unpaired) electrons. The predicted molar refractivity (Wildman–Crippen MR) is 182 cm³/mol. The van der Waals surface area contributed by atoms with E-state index in [9.17, 15) is 9.59 Å². The van der Waals surface area contributed by atoms with Crippen molar-refractivity contribution in [3.8, 4) is 5.69 Å². The zero-order valence-corrected chi connectivity index (χ0v) is 26.9. The minimum Gasteiger partial charge on any atom is -0.382 e. The maximum atomic E-state index is 13.4. The van der Waals surface area contributed by atoms with Gasteiger partial charge in [0.05, 0.1) is 30.3 Å². The van der Waals surface area contributed by atoms with Gasteiger partial charge in [0.25, 0.3) is 5.91 Å². The third kappa shape index (κ3) is 8.15. The first-order chi connectivity index (χ1) is 22.1. The molecule has 0 aliphatic carbocycles. The van der Waals surface area contributed by atoms with Crippen molar-refractivity contribution in [2.24, 2.45) is 0 Å². The second-order valence-corrected chi connectivity index (χ2v) is 12.1. The summed E-state index contributed by atoms with van der Waals surface area (Å²) in [5, 5.41) is 15.6. The summed E-state index contributed by atoms with van der Waals surface area (Å²) in [5.74, 6) is 0.752. The van der Waals surface area contributed by atoms with Crippen LogP contribution in [0.5, 0.6) is 0 Å². The Labute approximate surface area is 269 Å². The van der Waals surface area contributed by atoms with E-state index in [-0.39, 0.29) is 24.0 Å². The van der Waals surface area contributed by atoms with E-state index in [1.54, 1.807) is 18.0 Å². The Kier molecular flexibility index (Phi) is 10.1. The molecule has 5 aromatic rings. The van der Waals surface area contributed by atoms with E-state index < -0.39 is 0 Å². The van der Waals surface area contributed by atoms with E-state index >= 15 is 0 Å². The number of methoxy groups -OCH3 is 1. The monoisotopic (exact) mass is 620 g/mol. The number of ether oxygens (including phenoxy) is 2. The van der Waals surface area contributed by atoms with Crippen LogP contribution in [0.2, 0.25) is 0 Å². The number of nitrogens with one attached hydrogen (secondary N) is 3. The van der Waals surface area contributed by atoms with E-state index in [1.807, 2.05) is 85.8 Å². The molecule has 0 aliphatic rings. The molecular weight excluding hydrogens is 580 g/mol. The van der Waals surface area contributed by atoms with Crippen molar-refractivity contribution >= 4 is 40.0 Å². The lowest BCUT2D eigenvalue weighted by molar-refractivity contribution is -0.121. The number of nitrogens with zero attached hydrogens (tertiary/aromatic N) is 3. The average molecular weight is 621 g/mol. The molecule has 3 N–H and O–H groups in total. The third-order valence-electron chi connectivity index (χ3n) is 7.41. The van der Waals surface area contributed by atoms with Crippen molar-refractivity contribution in [3.63, 3.8) is 0 Å². The molecule has 46 heavy (non-hydrogen) atoms. The highest BCUT2D eigenvalue weighted by atomic mass is 16.5. The van der Waals surface area contributed by atoms with Crippen molar-refractivity contribution in [3.05, 3.63) is 107 Å². The number of fused-ring (bicyclic) bond motifs is 1. The number of carbonyl (C=O) groups is 2. The summed E-state index contributed by atoms with van der Waals surface area (Å²) in [6.07, 6.45) is 2.28. The fourth-order valence-corrected chi connectivity index (χ4v) is 4.97. The Balaban J connectivity index is 1.33. The molecule has 10 heteroatoms. The lowest BCUT2D eigenvalue weighted by atomic mass is 9.92. The number of hydrogen-bond acceptors (Lipinski definition) is 6. The molecule has 10 nitrogen and oxygen atoms in total. The number of benzene rings is 3. The van der Waals surface area contributed by atoms with Gasteiger partial charge in [0, 0.05) is 30.2 Å². The molecule has 0 saturated heterocycles. The number of aryl methyl sites for hydroxylation is 1. The second kappa shape index (κ2) is 14.4. The molecule has 0 unspecified atom stereocenters. The van der Waals surface area contributed by atoms with E-state index in [0.717, 1.165) is 38.8 Å². The van der Waals surface area contributed by atoms with Gasteiger partial charge in [0.1, 0.15) is 18.2 Å². The SMILES string of the molecule is COCCOCC(=O)Nc1cc(Cc2ccc(NC(=O)Nc3cc(C(C)(C)C)nn3-c3ccc(C)cc3)c3ccccc23)ccn1. The number of carbonyl (C=O) groups excluding carboxylic acids is 2. The lowest BCUT2D eigenvalue weighted by Gasteiger charge is -2.14. The van der Waals surface area contributed by atoms with E-state index in [4.69, 9.17) is 14.6 Å². The van der Waals surface area contributed by atoms with Crippen LogP contribution in [-0.4, -0.2) is 53.6 Å². The highest BCUT2D eigenvalue weighted by molar-refractivity contribution is 6.06. The molecule has 5 rings (SSSR count). The van der Waals surface area contributed by atoms with Crippen LogP contribution in [0.1, 0.15) is 43.2 Å². The van der Waals surface area contributed by atoms with Crippen LogP contribution in [0, 0.1) is 6.92 Å². The summed E-state index contributed by atoms with van der Waals surface area (Å²) < 4.78 is 12.0. The van der Waals surface area contributed by atoms with Crippen LogP contribution in [0.4, 0.5) is 22.1 Å². The first kappa shape index (κ1) is 32.3. The Morgan fingerprint density at radius 3 is 2.37 bits per heavy atom. The maximum absolute atomic E-state index is 13.4. The highest BCUT2D eigenvalue weighted by Gasteiger charge is 2.22. The molecule has 0 fully saturated rings. The van der Waals surface area contributed by atoms with Crippen LogP contribution in [0.3, 0.4) is 0 Å². The van der Waals surface area contributed by atoms with Gasteiger partial charge < -0.3 is 20.1 Å². The van der Waals surface area contributed by atoms with Crippen molar-refractivity contribution in [2.45, 2.75) is 39.5 Å². The fraction of sp³-hybridized carbons (Fsp3) is 0.278. The van der Waals surface area contributed by atoms with Gasteiger partial charge in [-0.15, -0.1) is 0 Å². The smallest absolute Gasteiger partial charge is 0.324 e. The number of rotatable bonds is 11. The summed E-state index contributed by atoms with van der Waals surface area (Å²) in [4.78, 5) is 29.9. The van der Waals surface area contributed by atoms with Gasteiger partial charge in [0.2, 0.25) is 0 Å². The standard InChI is InChI=1S/C36H40N6O4/c1-24-10-13-27(14-11-24)42-33(22-31(41-42)36(2,3)4)40-35(44)38-30-15-12-26(28-8-6-7-9-29(28)30)20-25-16-17-37-32(21-25)39-34(43)23-46-19-18-45-5/h6-17,21-22H,18-20,23H2,1-5H3,(H,37,39,43)(H2,38,40,44). The number of amides is 3. The maximum Gasteiger partial charge on any atom is 0.324 e. The predicted octanol–water partition coefficient (Wildman–Crippen LogP) is 6.86. The van der Waals surface area contributed by atoms with Gasteiger partial charge in [-0.3, -0.25) is 10.1 Å². The number of urea groups is 1. The van der Waals surface area contributed by atoms with Crippen molar-refractivity contribution in [1.29, 1.82) is 0 Å². The average Bonchev–Trinajstić information content (AvgIpc) is 3.45. The van der Waals surface area contributed by atoms with Gasteiger partial charge in [-0.25, -0.2) is 14.5 Å². The molecule has 0 bridgehead atoms. The van der Waals surface area contributed by atoms with Crippen LogP contribution in [-0.2, 0) is 26.1 Å². The molecule has 0 atom stereocenters. The minimum absolute atomic E-state index is 0.0754. The molecular formula is C36H40N6O4. The first-order valence-electron chi connectivity index (χ1n) is 15.2. The Morgan fingerprint density at radius 1 is 0.870 bits per heavy atom. The van der Waals surface area contributed by atoms with E-state index in [0.29, 0.717) is 37.0 Å². The summed E-state index contributed by atoms with van der Waals surface area (Å²) in [6, 6.07) is 25.2. The Morgan fingerprint density at radius 2 is 1.63 bits per heavy atom. The van der Waals surface area contributed by atoms with Gasteiger partial charge >= 0.3 is 6.03 Å². The number of hydrogen-bond donors (Lipinski definition) is 3. The zero-order valence-electron chi connectivity index (χ0n) is 26.9. The topological polar surface area (TPSA) is 119 Å². The zero-order chi connectivity index (χ0) is 32.7. The van der Waals surface area contributed by atoms with Gasteiger partial charge in [-0.1, -0.05) is 68.8 Å². The van der Waals surface area contributed by atoms with Gasteiger partial charge in [-0.2, -0.15) is 5.10 Å². The summed E-state index contributed by atoms with van der Waals surface area (Å²) >= 11 is 0. The number of anilines is 3. The molecule has 2 aromatic heterocycles. The summed E-state index contributed by atoms with van der Waals surface area (Å²) in [6.45, 7) is 9.00. The van der Waals surface area contributed by atoms with Crippen LogP contribution in [0.25, 0.3) is 16.5 Å². The van der Waals surface area contributed by atoms with E-state index in [1.165, 1.54) is 0 Å². The third-order valence-corrected chi connectivity index (χ3v) is 7.41. The molecule has 3 aromatic carbocycles. The van der Waals surface area contributed by atoms with Crippen molar-refractivity contribution in [1.82, 2.24) is 14.8 Å². The van der Waals surface area contributed by atoms with Crippen molar-refractivity contribution in [2.75, 3.05) is 42.9 Å². The van der Waals surface area contributed by atoms with Crippen LogP contribution >= 0.6 is 0 Å². The second-order valence-electron chi connectivity index (χ2n) is 12.1. The van der Waals surface area contributed by atoms with Gasteiger partial charge in [0.15, 0.2) is 0 Å². The minimum atomic E-state index is -0.368. The molecule has 2 heterocycles. The number of aromatic nitrogens is 3. The summed E-state index contributed by atoms with van der Waals surface area (Å²) in [5.41, 5.74) is 5.41. The lowest BCUT2D eigenvalue weighted by Crippen LogP contribution is -2.21. The normalized spacial score (nSPS) is 11.4. The fourth-order valence-electron chi connectivity index (χ4n) is 4.97. The van der Waals surface area contributed by atoms with Crippen molar-refractivity contribution < 1.29 is 19.1 Å². The van der Waals surface area contributed by atoms with Crippen LogP contribution < -0.4 is 16.0 Å². The quantitative estimate of drug-likeness (QED) is 0.139. The Hall–Kier alpha value is -5.06. The first-order valence-corrected chi connectivity index (χ1v) is 15.2.